The van der Waals surface area contributed by atoms with Crippen molar-refractivity contribution in [3.63, 3.8) is 0 Å². The Kier molecular flexibility index (Phi) is 6.09. The summed E-state index contributed by atoms with van der Waals surface area (Å²) in [6.45, 7) is 8.44. The van der Waals surface area contributed by atoms with Gasteiger partial charge in [0, 0.05) is 24.5 Å². The highest BCUT2D eigenvalue weighted by molar-refractivity contribution is 7.89. The topological polar surface area (TPSA) is 86.8 Å². The quantitative estimate of drug-likeness (QED) is 0.724. The third kappa shape index (κ3) is 4.42. The monoisotopic (exact) mass is 469 g/mol. The van der Waals surface area contributed by atoms with Crippen LogP contribution in [0.15, 0.2) is 47.4 Å². The van der Waals surface area contributed by atoms with Gasteiger partial charge in [-0.15, -0.1) is 0 Å². The second kappa shape index (κ2) is 8.57. The van der Waals surface area contributed by atoms with E-state index in [1.54, 1.807) is 36.4 Å². The molecule has 0 aromatic heterocycles. The number of anilines is 2. The van der Waals surface area contributed by atoms with E-state index in [1.165, 1.54) is 4.90 Å². The number of carbonyl (C=O) groups excluding carboxylic acids is 2. The fraction of sp³-hybridized carbons (Fsp3) is 0.440. The number of hydrogen-bond acceptors (Lipinski definition) is 4. The van der Waals surface area contributed by atoms with E-state index < -0.39 is 15.4 Å². The van der Waals surface area contributed by atoms with Crippen molar-refractivity contribution in [2.75, 3.05) is 29.9 Å². The van der Waals surface area contributed by atoms with Crippen LogP contribution in [0.3, 0.4) is 0 Å². The summed E-state index contributed by atoms with van der Waals surface area (Å²) < 4.78 is 28.1. The fourth-order valence-corrected chi connectivity index (χ4v) is 6.25. The molecule has 1 atom stereocenters. The molecule has 2 aromatic rings. The van der Waals surface area contributed by atoms with Crippen LogP contribution >= 0.6 is 0 Å². The van der Waals surface area contributed by atoms with Gasteiger partial charge in [0.1, 0.15) is 6.54 Å². The van der Waals surface area contributed by atoms with Crippen molar-refractivity contribution in [3.8, 4) is 0 Å². The highest BCUT2D eigenvalue weighted by Gasteiger charge is 2.45. The van der Waals surface area contributed by atoms with Gasteiger partial charge in [0.15, 0.2) is 0 Å². The van der Waals surface area contributed by atoms with E-state index in [4.69, 9.17) is 0 Å². The van der Waals surface area contributed by atoms with E-state index in [-0.39, 0.29) is 23.3 Å². The summed E-state index contributed by atoms with van der Waals surface area (Å²) in [6.07, 6.45) is 1.87. The van der Waals surface area contributed by atoms with Crippen LogP contribution in [0.5, 0.6) is 0 Å². The van der Waals surface area contributed by atoms with Crippen molar-refractivity contribution >= 4 is 33.2 Å². The number of hydrogen-bond donors (Lipinski definition) is 1. The van der Waals surface area contributed by atoms with Crippen LogP contribution in [0.4, 0.5) is 11.4 Å². The first kappa shape index (κ1) is 23.4. The Labute approximate surface area is 195 Å². The minimum atomic E-state index is -3.64. The van der Waals surface area contributed by atoms with Gasteiger partial charge in [-0.25, -0.2) is 8.42 Å². The lowest BCUT2D eigenvalue weighted by atomic mass is 9.86. The highest BCUT2D eigenvalue weighted by Crippen LogP contribution is 2.43. The van der Waals surface area contributed by atoms with Gasteiger partial charge in [-0.1, -0.05) is 24.6 Å². The molecule has 4 rings (SSSR count). The first-order valence-corrected chi connectivity index (χ1v) is 12.8. The van der Waals surface area contributed by atoms with Crippen LogP contribution in [0.1, 0.15) is 44.7 Å². The summed E-state index contributed by atoms with van der Waals surface area (Å²) in [5.41, 5.74) is 2.02. The van der Waals surface area contributed by atoms with Gasteiger partial charge in [-0.2, -0.15) is 4.31 Å². The Morgan fingerprint density at radius 2 is 1.85 bits per heavy atom. The van der Waals surface area contributed by atoms with E-state index >= 15 is 0 Å². The molecule has 0 aliphatic carbocycles. The van der Waals surface area contributed by atoms with Gasteiger partial charge in [0.05, 0.1) is 10.3 Å². The van der Waals surface area contributed by atoms with Crippen LogP contribution in [-0.2, 0) is 25.0 Å². The smallest absolute Gasteiger partial charge is 0.244 e. The standard InChI is InChI=1S/C25H31N3O4S/c1-17-7-9-19(10-8-17)26-23(29)16-28-22-12-11-20(14-21(22)25(3,4)24(28)30)33(31,32)27-13-5-6-18(2)15-27/h7-12,14,18H,5-6,13,15-16H2,1-4H3,(H,26,29)/t18-/m0/s1. The average Bonchev–Trinajstić information content (AvgIpc) is 2.95. The minimum absolute atomic E-state index is 0.140. The van der Waals surface area contributed by atoms with E-state index in [2.05, 4.69) is 12.2 Å². The fourth-order valence-electron chi connectivity index (χ4n) is 4.63. The number of nitrogens with one attached hydrogen (secondary N) is 1. The molecule has 2 aliphatic heterocycles. The van der Waals surface area contributed by atoms with Crippen molar-refractivity contribution in [1.82, 2.24) is 4.31 Å². The van der Waals surface area contributed by atoms with E-state index in [9.17, 15) is 18.0 Å². The zero-order chi connectivity index (χ0) is 24.0. The lowest BCUT2D eigenvalue weighted by Crippen LogP contribution is -2.40. The predicted molar refractivity (Wildman–Crippen MR) is 129 cm³/mol. The molecule has 33 heavy (non-hydrogen) atoms. The lowest BCUT2D eigenvalue weighted by molar-refractivity contribution is -0.124. The van der Waals surface area contributed by atoms with Gasteiger partial charge in [0.2, 0.25) is 21.8 Å². The van der Waals surface area contributed by atoms with Gasteiger partial charge < -0.3 is 10.2 Å². The van der Waals surface area contributed by atoms with Crippen LogP contribution < -0.4 is 10.2 Å². The predicted octanol–water partition coefficient (Wildman–Crippen LogP) is 3.68. The van der Waals surface area contributed by atoms with Gasteiger partial charge in [-0.3, -0.25) is 9.59 Å². The van der Waals surface area contributed by atoms with E-state index in [0.29, 0.717) is 35.9 Å². The molecule has 1 fully saturated rings. The maximum atomic E-state index is 13.3. The third-order valence-electron chi connectivity index (χ3n) is 6.61. The molecule has 2 aromatic carbocycles. The minimum Gasteiger partial charge on any atom is -0.325 e. The van der Waals surface area contributed by atoms with Crippen LogP contribution in [-0.4, -0.2) is 44.2 Å². The molecule has 2 heterocycles. The van der Waals surface area contributed by atoms with Crippen molar-refractivity contribution in [1.29, 1.82) is 0 Å². The van der Waals surface area contributed by atoms with Crippen molar-refractivity contribution in [2.45, 2.75) is 50.8 Å². The zero-order valence-corrected chi connectivity index (χ0v) is 20.4. The van der Waals surface area contributed by atoms with Crippen LogP contribution in [0, 0.1) is 12.8 Å². The van der Waals surface area contributed by atoms with Gasteiger partial charge >= 0.3 is 0 Å². The maximum absolute atomic E-state index is 13.3. The number of rotatable bonds is 5. The Morgan fingerprint density at radius 3 is 2.52 bits per heavy atom. The Bertz CT molecular complexity index is 1190. The number of nitrogens with zero attached hydrogens (tertiary/aromatic N) is 2. The second-order valence-corrected chi connectivity index (χ2v) is 11.7. The molecular weight excluding hydrogens is 438 g/mol. The molecule has 2 amide bonds. The largest absolute Gasteiger partial charge is 0.325 e. The zero-order valence-electron chi connectivity index (χ0n) is 19.6. The van der Waals surface area contributed by atoms with Crippen LogP contribution in [0.25, 0.3) is 0 Å². The number of aryl methyl sites for hydroxylation is 1. The molecular formula is C25H31N3O4S. The Balaban J connectivity index is 1.59. The van der Waals surface area contributed by atoms with Crippen LogP contribution in [0.2, 0.25) is 0 Å². The molecule has 0 saturated carbocycles. The molecule has 0 unspecified atom stereocenters. The molecule has 176 valence electrons. The summed E-state index contributed by atoms with van der Waals surface area (Å²) in [7, 11) is -3.64. The summed E-state index contributed by atoms with van der Waals surface area (Å²) in [6, 6.07) is 12.2. The SMILES string of the molecule is Cc1ccc(NC(=O)CN2C(=O)C(C)(C)c3cc(S(=O)(=O)N4CCC[C@H](C)C4)ccc32)cc1. The molecule has 0 spiro atoms. The average molecular weight is 470 g/mol. The van der Waals surface area contributed by atoms with Gasteiger partial charge in [0.25, 0.3) is 0 Å². The molecule has 7 nitrogen and oxygen atoms in total. The summed E-state index contributed by atoms with van der Waals surface area (Å²) in [4.78, 5) is 27.5. The lowest BCUT2D eigenvalue weighted by Gasteiger charge is -2.30. The second-order valence-electron chi connectivity index (χ2n) is 9.72. The number of amides is 2. The maximum Gasteiger partial charge on any atom is 0.244 e. The number of carbonyl (C=O) groups is 2. The van der Waals surface area contributed by atoms with E-state index in [0.717, 1.165) is 18.4 Å². The van der Waals surface area contributed by atoms with Crippen molar-refractivity contribution < 1.29 is 18.0 Å². The molecule has 0 radical (unpaired) electrons. The number of piperidine rings is 1. The first-order valence-electron chi connectivity index (χ1n) is 11.3. The number of fused-ring (bicyclic) bond motifs is 1. The Morgan fingerprint density at radius 1 is 1.15 bits per heavy atom. The first-order chi connectivity index (χ1) is 15.5. The Hall–Kier alpha value is -2.71. The summed E-state index contributed by atoms with van der Waals surface area (Å²) in [5.74, 6) is -0.212. The highest BCUT2D eigenvalue weighted by atomic mass is 32.2. The van der Waals surface area contributed by atoms with Gasteiger partial charge in [-0.05, 0) is 75.4 Å². The molecule has 0 bridgehead atoms. The normalized spacial score (nSPS) is 20.5. The summed E-state index contributed by atoms with van der Waals surface area (Å²) in [5, 5.41) is 2.82. The molecule has 8 heteroatoms. The molecule has 1 N–H and O–H groups in total. The summed E-state index contributed by atoms with van der Waals surface area (Å²) >= 11 is 0. The number of benzene rings is 2. The van der Waals surface area contributed by atoms with Crippen molar-refractivity contribution in [3.05, 3.63) is 53.6 Å². The molecule has 2 aliphatic rings. The molecule has 1 saturated heterocycles. The van der Waals surface area contributed by atoms with E-state index in [1.807, 2.05) is 31.2 Å². The third-order valence-corrected chi connectivity index (χ3v) is 8.47. The number of sulfonamides is 1. The van der Waals surface area contributed by atoms with Crippen molar-refractivity contribution in [2.24, 2.45) is 5.92 Å².